The summed E-state index contributed by atoms with van der Waals surface area (Å²) in [5, 5.41) is 0. The van der Waals surface area contributed by atoms with Gasteiger partial charge in [0.2, 0.25) is 0 Å². The zero-order valence-electron chi connectivity index (χ0n) is 6.59. The number of pyridine rings is 1. The Morgan fingerprint density at radius 1 is 1.55 bits per heavy atom. The molecule has 0 bridgehead atoms. The van der Waals surface area contributed by atoms with Crippen molar-refractivity contribution in [2.24, 2.45) is 5.92 Å². The van der Waals surface area contributed by atoms with Crippen LogP contribution in [0.4, 0.5) is 0 Å². The molecule has 0 saturated heterocycles. The zero-order valence-corrected chi connectivity index (χ0v) is 6.59. The molecule has 1 aromatic rings. The van der Waals surface area contributed by atoms with E-state index in [0.717, 1.165) is 5.92 Å². The van der Waals surface area contributed by atoms with Crippen molar-refractivity contribution in [3.63, 3.8) is 0 Å². The highest BCUT2D eigenvalue weighted by atomic mass is 14.6. The lowest BCUT2D eigenvalue weighted by atomic mass is 9.81. The van der Waals surface area contributed by atoms with Crippen molar-refractivity contribution in [3.05, 3.63) is 30.1 Å². The van der Waals surface area contributed by atoms with Crippen LogP contribution in [0, 0.1) is 12.0 Å². The van der Waals surface area contributed by atoms with Gasteiger partial charge in [0.05, 0.1) is 0 Å². The fourth-order valence-electron chi connectivity index (χ4n) is 1.50. The van der Waals surface area contributed by atoms with E-state index in [1.165, 1.54) is 31.2 Å². The van der Waals surface area contributed by atoms with Gasteiger partial charge in [-0.05, 0) is 24.0 Å². The van der Waals surface area contributed by atoms with Crippen LogP contribution in [0.5, 0.6) is 0 Å². The second-order valence-corrected chi connectivity index (χ2v) is 3.29. The predicted octanol–water partition coefficient (Wildman–Crippen LogP) is 2.22. The van der Waals surface area contributed by atoms with Gasteiger partial charge in [0.1, 0.15) is 0 Å². The Bertz CT molecular complexity index is 214. The van der Waals surface area contributed by atoms with E-state index in [2.05, 4.69) is 11.1 Å². The summed E-state index contributed by atoms with van der Waals surface area (Å²) in [7, 11) is 0. The summed E-state index contributed by atoms with van der Waals surface area (Å²) in [6, 6.07) is 5.05. The molecule has 1 aromatic heterocycles. The van der Waals surface area contributed by atoms with Gasteiger partial charge in [0.25, 0.3) is 0 Å². The molecule has 0 amide bonds. The van der Waals surface area contributed by atoms with E-state index >= 15 is 0 Å². The third kappa shape index (κ3) is 1.59. The lowest BCUT2D eigenvalue weighted by Crippen LogP contribution is -2.13. The molecule has 1 fully saturated rings. The van der Waals surface area contributed by atoms with Gasteiger partial charge in [0, 0.05) is 18.5 Å². The summed E-state index contributed by atoms with van der Waals surface area (Å²) in [6.45, 7) is 0. The molecule has 1 aliphatic rings. The van der Waals surface area contributed by atoms with Gasteiger partial charge < -0.3 is 0 Å². The summed E-state index contributed by atoms with van der Waals surface area (Å²) in [4.78, 5) is 4.04. The normalized spacial score (nSPS) is 17.8. The zero-order chi connectivity index (χ0) is 7.52. The number of hydrogen-bond acceptors (Lipinski definition) is 1. The first-order valence-corrected chi connectivity index (χ1v) is 4.25. The number of hydrogen-bond donors (Lipinski definition) is 0. The number of nitrogens with zero attached hydrogens (tertiary/aromatic N) is 1. The Hall–Kier alpha value is -0.850. The Labute approximate surface area is 67.5 Å². The fraction of sp³-hybridized carbons (Fsp3) is 0.500. The van der Waals surface area contributed by atoms with Crippen LogP contribution >= 0.6 is 0 Å². The highest BCUT2D eigenvalue weighted by molar-refractivity contribution is 5.08. The molecule has 0 aromatic carbocycles. The molecule has 0 unspecified atom stereocenters. The van der Waals surface area contributed by atoms with Crippen LogP contribution in [0.3, 0.4) is 0 Å². The van der Waals surface area contributed by atoms with Crippen molar-refractivity contribution in [3.8, 4) is 0 Å². The fourth-order valence-corrected chi connectivity index (χ4v) is 1.50. The van der Waals surface area contributed by atoms with E-state index in [9.17, 15) is 0 Å². The van der Waals surface area contributed by atoms with Crippen LogP contribution in [-0.4, -0.2) is 4.98 Å². The lowest BCUT2D eigenvalue weighted by molar-refractivity contribution is 0.314. The van der Waals surface area contributed by atoms with E-state index in [-0.39, 0.29) is 0 Å². The average Bonchev–Trinajstić information content (AvgIpc) is 1.99. The van der Waals surface area contributed by atoms with Crippen LogP contribution in [-0.2, 0) is 6.42 Å². The second kappa shape index (κ2) is 3.04. The summed E-state index contributed by atoms with van der Waals surface area (Å²) in [5.41, 5.74) is 1.34. The SMILES string of the molecule is [c]1cncc(CC2CCC2)c1. The maximum atomic E-state index is 4.04. The molecule has 0 atom stereocenters. The first kappa shape index (κ1) is 6.84. The van der Waals surface area contributed by atoms with Crippen molar-refractivity contribution in [2.75, 3.05) is 0 Å². The van der Waals surface area contributed by atoms with E-state index in [1.54, 1.807) is 6.20 Å². The Morgan fingerprint density at radius 2 is 2.45 bits per heavy atom. The van der Waals surface area contributed by atoms with Gasteiger partial charge >= 0.3 is 0 Å². The summed E-state index contributed by atoms with van der Waals surface area (Å²) >= 11 is 0. The van der Waals surface area contributed by atoms with Crippen LogP contribution in [0.25, 0.3) is 0 Å². The van der Waals surface area contributed by atoms with E-state index in [1.807, 2.05) is 12.3 Å². The van der Waals surface area contributed by atoms with Gasteiger partial charge in [-0.2, -0.15) is 0 Å². The number of rotatable bonds is 2. The van der Waals surface area contributed by atoms with Crippen molar-refractivity contribution in [1.82, 2.24) is 4.98 Å². The molecule has 11 heavy (non-hydrogen) atoms. The van der Waals surface area contributed by atoms with Crippen LogP contribution in [0.1, 0.15) is 24.8 Å². The second-order valence-electron chi connectivity index (χ2n) is 3.29. The molecule has 1 aliphatic carbocycles. The van der Waals surface area contributed by atoms with Gasteiger partial charge in [-0.3, -0.25) is 4.98 Å². The molecular weight excluding hydrogens is 134 g/mol. The summed E-state index contributed by atoms with van der Waals surface area (Å²) in [5.74, 6) is 0.938. The molecular formula is C10H12N. The van der Waals surface area contributed by atoms with Crippen molar-refractivity contribution >= 4 is 0 Å². The molecule has 1 heteroatoms. The Kier molecular flexibility index (Phi) is 1.89. The average molecular weight is 146 g/mol. The third-order valence-electron chi connectivity index (χ3n) is 2.41. The molecule has 1 saturated carbocycles. The molecule has 1 radical (unpaired) electrons. The van der Waals surface area contributed by atoms with Gasteiger partial charge in [-0.15, -0.1) is 0 Å². The smallest absolute Gasteiger partial charge is 0.0347 e. The van der Waals surface area contributed by atoms with E-state index in [0.29, 0.717) is 0 Å². The van der Waals surface area contributed by atoms with Gasteiger partial charge in [0.15, 0.2) is 0 Å². The first-order valence-electron chi connectivity index (χ1n) is 4.25. The predicted molar refractivity (Wildman–Crippen MR) is 44.1 cm³/mol. The van der Waals surface area contributed by atoms with Crippen LogP contribution < -0.4 is 0 Å². The van der Waals surface area contributed by atoms with Crippen molar-refractivity contribution in [2.45, 2.75) is 25.7 Å². The van der Waals surface area contributed by atoms with Crippen molar-refractivity contribution < 1.29 is 0 Å². The van der Waals surface area contributed by atoms with E-state index < -0.39 is 0 Å². The molecule has 0 spiro atoms. The molecule has 0 aliphatic heterocycles. The molecule has 1 nitrogen and oxygen atoms in total. The molecule has 2 rings (SSSR count). The molecule has 0 N–H and O–H groups in total. The first-order chi connectivity index (χ1) is 5.45. The monoisotopic (exact) mass is 146 g/mol. The summed E-state index contributed by atoms with van der Waals surface area (Å²) < 4.78 is 0. The van der Waals surface area contributed by atoms with Crippen LogP contribution in [0.2, 0.25) is 0 Å². The third-order valence-corrected chi connectivity index (χ3v) is 2.41. The Balaban J connectivity index is 1.95. The van der Waals surface area contributed by atoms with Crippen molar-refractivity contribution in [1.29, 1.82) is 0 Å². The molecule has 1 heterocycles. The standard InChI is InChI=1S/C10H12N/c1-3-9(4-1)7-10-5-2-6-11-8-10/h5-6,8-9H,1,3-4,7H2. The van der Waals surface area contributed by atoms with Gasteiger partial charge in [-0.1, -0.05) is 19.3 Å². The largest absolute Gasteiger partial charge is 0.264 e. The number of aromatic nitrogens is 1. The van der Waals surface area contributed by atoms with E-state index in [4.69, 9.17) is 0 Å². The minimum atomic E-state index is 0.938. The maximum Gasteiger partial charge on any atom is 0.0347 e. The Morgan fingerprint density at radius 3 is 3.00 bits per heavy atom. The van der Waals surface area contributed by atoms with Crippen LogP contribution in [0.15, 0.2) is 18.5 Å². The lowest BCUT2D eigenvalue weighted by Gasteiger charge is -2.24. The maximum absolute atomic E-state index is 4.04. The minimum Gasteiger partial charge on any atom is -0.264 e. The van der Waals surface area contributed by atoms with Gasteiger partial charge in [-0.25, -0.2) is 0 Å². The summed E-state index contributed by atoms with van der Waals surface area (Å²) in [6.07, 6.45) is 9.13. The minimum absolute atomic E-state index is 0.938. The highest BCUT2D eigenvalue weighted by Gasteiger charge is 2.17. The topological polar surface area (TPSA) is 12.9 Å². The quantitative estimate of drug-likeness (QED) is 0.623. The highest BCUT2D eigenvalue weighted by Crippen LogP contribution is 2.29. The molecule has 57 valence electrons.